The van der Waals surface area contributed by atoms with E-state index in [1.165, 1.54) is 12.4 Å². The lowest BCUT2D eigenvalue weighted by molar-refractivity contribution is -0.164. The Bertz CT molecular complexity index is 1300. The van der Waals surface area contributed by atoms with Crippen molar-refractivity contribution in [2.45, 2.75) is 55.5 Å². The number of hydrogen-bond acceptors (Lipinski definition) is 5. The third-order valence-electron chi connectivity index (χ3n) is 7.44. The molecule has 3 aromatic rings. The van der Waals surface area contributed by atoms with Gasteiger partial charge in [-0.2, -0.15) is 5.10 Å². The standard InChI is InChI=1S/C27H29ClFN5O3S/c28-19-9-7-18(8-10-19)24-15-37-25(13-26-30-16-31-32-26)27(35)34(24)23(17-5-6-17)14-33(38(36)20-11-12-20)22-4-2-1-3-21(22)29/h1-4,7-10,16-17,20,23-25H,5-6,11-15H2,(H,30,31,32). The number of halogens is 2. The molecule has 11 heteroatoms. The van der Waals surface area contributed by atoms with Crippen molar-refractivity contribution in [1.29, 1.82) is 0 Å². The molecule has 2 aliphatic carbocycles. The number of carbonyl (C=O) groups excluding carboxylic acids is 1. The molecule has 1 N–H and O–H groups in total. The summed E-state index contributed by atoms with van der Waals surface area (Å²) in [5.41, 5.74) is 1.22. The molecule has 4 atom stereocenters. The Kier molecular flexibility index (Phi) is 7.20. The molecule has 2 aromatic carbocycles. The second-order valence-electron chi connectivity index (χ2n) is 10.2. The average molecular weight is 558 g/mol. The van der Waals surface area contributed by atoms with Gasteiger partial charge >= 0.3 is 0 Å². The van der Waals surface area contributed by atoms with E-state index in [1.54, 1.807) is 34.6 Å². The van der Waals surface area contributed by atoms with Crippen molar-refractivity contribution >= 4 is 34.2 Å². The van der Waals surface area contributed by atoms with Gasteiger partial charge < -0.3 is 9.64 Å². The summed E-state index contributed by atoms with van der Waals surface area (Å²) in [4.78, 5) is 20.2. The van der Waals surface area contributed by atoms with Crippen molar-refractivity contribution in [2.24, 2.45) is 5.92 Å². The Morgan fingerprint density at radius 3 is 2.58 bits per heavy atom. The number of aromatic amines is 1. The highest BCUT2D eigenvalue weighted by Crippen LogP contribution is 2.43. The number of ether oxygens (including phenoxy) is 1. The van der Waals surface area contributed by atoms with Gasteiger partial charge in [0.15, 0.2) is 0 Å². The number of H-pyrrole nitrogens is 1. The minimum atomic E-state index is -1.39. The van der Waals surface area contributed by atoms with E-state index in [0.717, 1.165) is 31.2 Å². The van der Waals surface area contributed by atoms with Crippen molar-refractivity contribution in [1.82, 2.24) is 20.1 Å². The first kappa shape index (κ1) is 25.5. The maximum Gasteiger partial charge on any atom is 0.253 e. The van der Waals surface area contributed by atoms with Gasteiger partial charge in [-0.1, -0.05) is 35.9 Å². The number of aromatic nitrogens is 3. The first-order valence-corrected chi connectivity index (χ1v) is 14.5. The molecule has 6 rings (SSSR count). The zero-order valence-electron chi connectivity index (χ0n) is 20.7. The third-order valence-corrected chi connectivity index (χ3v) is 9.52. The van der Waals surface area contributed by atoms with Crippen LogP contribution in [0.5, 0.6) is 0 Å². The molecular formula is C27H29ClFN5O3S. The summed E-state index contributed by atoms with van der Waals surface area (Å²) >= 11 is 6.16. The van der Waals surface area contributed by atoms with Gasteiger partial charge in [0.1, 0.15) is 35.1 Å². The lowest BCUT2D eigenvalue weighted by atomic mass is 9.97. The topological polar surface area (TPSA) is 91.4 Å². The van der Waals surface area contributed by atoms with Crippen LogP contribution in [0.15, 0.2) is 54.9 Å². The Morgan fingerprint density at radius 2 is 1.92 bits per heavy atom. The summed E-state index contributed by atoms with van der Waals surface area (Å²) in [6.07, 6.45) is 4.56. The van der Waals surface area contributed by atoms with Crippen molar-refractivity contribution in [3.8, 4) is 0 Å². The van der Waals surface area contributed by atoms with E-state index in [0.29, 0.717) is 23.1 Å². The predicted molar refractivity (Wildman–Crippen MR) is 142 cm³/mol. The van der Waals surface area contributed by atoms with Gasteiger partial charge in [0.2, 0.25) is 0 Å². The monoisotopic (exact) mass is 557 g/mol. The van der Waals surface area contributed by atoms with E-state index < -0.39 is 22.9 Å². The number of morpholine rings is 1. The molecule has 1 aromatic heterocycles. The molecule has 1 saturated heterocycles. The highest BCUT2D eigenvalue weighted by Gasteiger charge is 2.48. The Balaban J connectivity index is 1.36. The van der Waals surface area contributed by atoms with Crippen molar-refractivity contribution in [3.63, 3.8) is 0 Å². The summed E-state index contributed by atoms with van der Waals surface area (Å²) in [5, 5.41) is 7.33. The number of amides is 1. The van der Waals surface area contributed by atoms with E-state index in [2.05, 4.69) is 15.2 Å². The zero-order chi connectivity index (χ0) is 26.2. The fourth-order valence-corrected chi connectivity index (χ4v) is 6.82. The first-order chi connectivity index (χ1) is 18.5. The van der Waals surface area contributed by atoms with E-state index in [1.807, 2.05) is 17.0 Å². The fourth-order valence-electron chi connectivity index (χ4n) is 5.15. The maximum atomic E-state index is 15.0. The third kappa shape index (κ3) is 5.34. The van der Waals surface area contributed by atoms with Crippen molar-refractivity contribution < 1.29 is 18.1 Å². The minimum Gasteiger partial charge on any atom is -0.365 e. The van der Waals surface area contributed by atoms with Gasteiger partial charge in [-0.15, -0.1) is 0 Å². The van der Waals surface area contributed by atoms with Crippen molar-refractivity contribution in [3.05, 3.63) is 77.1 Å². The Morgan fingerprint density at radius 1 is 1.16 bits per heavy atom. The quantitative estimate of drug-likeness (QED) is 0.403. The molecule has 38 heavy (non-hydrogen) atoms. The van der Waals surface area contributed by atoms with Crippen LogP contribution in [-0.4, -0.2) is 60.7 Å². The smallest absolute Gasteiger partial charge is 0.253 e. The van der Waals surface area contributed by atoms with Crippen LogP contribution in [0.1, 0.15) is 43.1 Å². The van der Waals surface area contributed by atoms with Crippen LogP contribution in [0.3, 0.4) is 0 Å². The van der Waals surface area contributed by atoms with E-state index >= 15 is 4.39 Å². The van der Waals surface area contributed by atoms with Gasteiger partial charge in [0, 0.05) is 11.4 Å². The average Bonchev–Trinajstić information content (AvgIpc) is 3.86. The van der Waals surface area contributed by atoms with Crippen LogP contribution in [0, 0.1) is 11.7 Å². The molecule has 2 heterocycles. The minimum absolute atomic E-state index is 0.0149. The van der Waals surface area contributed by atoms with Gasteiger partial charge in [-0.05, 0) is 61.4 Å². The molecule has 3 aliphatic rings. The molecule has 4 unspecified atom stereocenters. The largest absolute Gasteiger partial charge is 0.365 e. The lowest BCUT2D eigenvalue weighted by Gasteiger charge is -2.45. The number of rotatable bonds is 10. The normalized spacial score (nSPS) is 23.3. The molecule has 200 valence electrons. The number of para-hydroxylation sites is 1. The van der Waals surface area contributed by atoms with Gasteiger partial charge in [0.05, 0.1) is 36.2 Å². The number of benzene rings is 2. The van der Waals surface area contributed by atoms with Crippen LogP contribution >= 0.6 is 11.6 Å². The summed E-state index contributed by atoms with van der Waals surface area (Å²) in [6, 6.07) is 13.3. The zero-order valence-corrected chi connectivity index (χ0v) is 22.3. The van der Waals surface area contributed by atoms with Crippen LogP contribution in [0.2, 0.25) is 5.02 Å². The number of carbonyl (C=O) groups is 1. The number of anilines is 1. The van der Waals surface area contributed by atoms with Gasteiger partial charge in [-0.3, -0.25) is 14.2 Å². The number of nitrogens with one attached hydrogen (secondary N) is 1. The molecule has 0 spiro atoms. The molecular weight excluding hydrogens is 529 g/mol. The first-order valence-electron chi connectivity index (χ1n) is 13.0. The van der Waals surface area contributed by atoms with Crippen LogP contribution in [0.4, 0.5) is 10.1 Å². The molecule has 0 bridgehead atoms. The second kappa shape index (κ2) is 10.7. The van der Waals surface area contributed by atoms with Gasteiger partial charge in [-0.25, -0.2) is 13.6 Å². The fraction of sp³-hybridized carbons (Fsp3) is 0.444. The van der Waals surface area contributed by atoms with E-state index in [4.69, 9.17) is 16.3 Å². The summed E-state index contributed by atoms with van der Waals surface area (Å²) in [6.45, 7) is 0.570. The van der Waals surface area contributed by atoms with Crippen LogP contribution in [-0.2, 0) is 26.9 Å². The van der Waals surface area contributed by atoms with Crippen molar-refractivity contribution in [2.75, 3.05) is 17.5 Å². The summed E-state index contributed by atoms with van der Waals surface area (Å²) in [7, 11) is -1.39. The predicted octanol–water partition coefficient (Wildman–Crippen LogP) is 4.22. The maximum absolute atomic E-state index is 15.0. The number of hydrogen-bond donors (Lipinski definition) is 1. The summed E-state index contributed by atoms with van der Waals surface area (Å²) in [5.74, 6) is 0.222. The Hall–Kier alpha value is -2.82. The molecule has 8 nitrogen and oxygen atoms in total. The molecule has 1 aliphatic heterocycles. The highest BCUT2D eigenvalue weighted by atomic mass is 35.5. The highest BCUT2D eigenvalue weighted by molar-refractivity contribution is 7.87. The Labute approximate surface area is 228 Å². The van der Waals surface area contributed by atoms with Crippen LogP contribution < -0.4 is 4.31 Å². The second-order valence-corrected chi connectivity index (χ2v) is 12.3. The van der Waals surface area contributed by atoms with E-state index in [9.17, 15) is 9.00 Å². The molecule has 1 amide bonds. The lowest BCUT2D eigenvalue weighted by Crippen LogP contribution is -2.58. The molecule has 2 saturated carbocycles. The van der Waals surface area contributed by atoms with Gasteiger partial charge in [0.25, 0.3) is 5.91 Å². The number of nitrogens with zero attached hydrogens (tertiary/aromatic N) is 4. The van der Waals surface area contributed by atoms with Crippen LogP contribution in [0.25, 0.3) is 0 Å². The molecule has 0 radical (unpaired) electrons. The summed E-state index contributed by atoms with van der Waals surface area (Å²) < 4.78 is 36.4. The van der Waals surface area contributed by atoms with E-state index in [-0.39, 0.29) is 42.1 Å². The molecule has 3 fully saturated rings. The SMILES string of the molecule is O=C1C(Cc2ncn[nH]2)OCC(c2ccc(Cl)cc2)N1C(CN(c1ccccc1F)S(=O)C1CC1)C1CC1.